The molecule has 0 atom stereocenters. The summed E-state index contributed by atoms with van der Waals surface area (Å²) in [5.74, 6) is 0. The van der Waals surface area contributed by atoms with Gasteiger partial charge in [0.25, 0.3) is 0 Å². The first-order valence-electron chi connectivity index (χ1n) is 41.0. The molecule has 0 amide bonds. The molecule has 10 aromatic carbocycles. The number of rotatable bonds is 0. The van der Waals surface area contributed by atoms with E-state index >= 15 is 0 Å². The summed E-state index contributed by atoms with van der Waals surface area (Å²) in [5, 5.41) is 2.80. The molecule has 0 fully saturated rings. The number of hydrogen-bond donors (Lipinski definition) is 0. The number of benzene rings is 10. The van der Waals surface area contributed by atoms with Gasteiger partial charge in [-0.15, -0.1) is 0 Å². The van der Waals surface area contributed by atoms with Crippen molar-refractivity contribution in [2.24, 2.45) is 14.1 Å². The summed E-state index contributed by atoms with van der Waals surface area (Å²) in [6.07, 6.45) is 5.09. The van der Waals surface area contributed by atoms with Crippen LogP contribution in [0.5, 0.6) is 0 Å². The number of aromatic nitrogens is 2. The largest absolute Gasteiger partial charge is 0.346 e. The topological polar surface area (TPSA) is 9.86 Å². The van der Waals surface area contributed by atoms with Gasteiger partial charge in [0.1, 0.15) is 0 Å². The molecular formula is C107H124N2. The van der Waals surface area contributed by atoms with Gasteiger partial charge in [-0.25, -0.2) is 0 Å². The van der Waals surface area contributed by atoms with Crippen molar-refractivity contribution in [1.82, 2.24) is 9.13 Å². The van der Waals surface area contributed by atoms with E-state index in [1.165, 1.54) is 170 Å². The van der Waals surface area contributed by atoms with Gasteiger partial charge in [0.2, 0.25) is 0 Å². The van der Waals surface area contributed by atoms with Gasteiger partial charge in [0.05, 0.1) is 5.69 Å². The average Bonchev–Trinajstić information content (AvgIpc) is 1.57. The predicted molar refractivity (Wildman–Crippen MR) is 470 cm³/mol. The summed E-state index contributed by atoms with van der Waals surface area (Å²) in [6, 6.07) is 73.3. The molecule has 0 spiro atoms. The highest BCUT2D eigenvalue weighted by Gasteiger charge is 2.47. The van der Waals surface area contributed by atoms with Gasteiger partial charge in [-0.05, 0) is 231 Å². The van der Waals surface area contributed by atoms with Crippen LogP contribution in [0, 0.1) is 13.8 Å². The second kappa shape index (κ2) is 25.1. The molecule has 12 aromatic rings. The zero-order valence-corrected chi connectivity index (χ0v) is 71.7. The summed E-state index contributed by atoms with van der Waals surface area (Å²) in [5.41, 5.74) is 45.4. The highest BCUT2D eigenvalue weighted by atomic mass is 15.0. The molecule has 19 rings (SSSR count). The molecule has 7 aliphatic rings. The van der Waals surface area contributed by atoms with Gasteiger partial charge >= 0.3 is 0 Å². The lowest BCUT2D eigenvalue weighted by Gasteiger charge is -2.42. The van der Waals surface area contributed by atoms with Gasteiger partial charge in [-0.3, -0.25) is 0 Å². The fraction of sp³-hybridized carbons (Fsp3) is 0.402. The van der Waals surface area contributed by atoms with Crippen LogP contribution in [0.4, 0.5) is 0 Å². The molecule has 109 heavy (non-hydrogen) atoms. The molecule has 0 unspecified atom stereocenters. The molecule has 2 nitrogen and oxygen atoms in total. The predicted octanol–water partition coefficient (Wildman–Crippen LogP) is 28.9. The monoisotopic (exact) mass is 1440 g/mol. The van der Waals surface area contributed by atoms with E-state index in [1.807, 2.05) is 0 Å². The number of aryl methyl sites for hydroxylation is 4. The zero-order chi connectivity index (χ0) is 78.6. The minimum absolute atomic E-state index is 0.0596. The van der Waals surface area contributed by atoms with Crippen LogP contribution >= 0.6 is 0 Å². The van der Waals surface area contributed by atoms with Crippen molar-refractivity contribution in [2.45, 2.75) is 265 Å². The van der Waals surface area contributed by atoms with Crippen LogP contribution in [0.25, 0.3) is 77.6 Å². The van der Waals surface area contributed by atoms with E-state index in [1.54, 1.807) is 33.4 Å². The highest BCUT2D eigenvalue weighted by molar-refractivity contribution is 6.03. The summed E-state index contributed by atoms with van der Waals surface area (Å²) in [4.78, 5) is 0. The Labute approximate surface area is 656 Å². The molecule has 562 valence electrons. The van der Waals surface area contributed by atoms with Crippen LogP contribution in [0.3, 0.4) is 0 Å². The lowest BCUT2D eigenvalue weighted by atomic mass is 9.62. The molecule has 2 heteroatoms. The second-order valence-electron chi connectivity index (χ2n) is 41.4. The maximum atomic E-state index is 2.61. The van der Waals surface area contributed by atoms with Crippen molar-refractivity contribution in [1.29, 1.82) is 0 Å². The molecule has 2 aromatic heterocycles. The lowest BCUT2D eigenvalue weighted by Crippen LogP contribution is -2.34. The van der Waals surface area contributed by atoms with Gasteiger partial charge in [0.15, 0.2) is 0 Å². The Kier molecular flexibility index (Phi) is 17.5. The molecule has 2 heterocycles. The SMILES string of the molecule is CC(C)(C)c1ccc2c(c1)C(C)(C)c1cc(C(C)(C)C)ccc1-2.CC1(C)CCC(C)(C)c2cc3c(cc21)-c1cc2c(cc1C3(C)C)C(C)(C)CCC2(C)C.CC1(C)c2ccccc2-c2ccccc21.Cc1ccc2c(c1)c1c(n2C)-c2ccccc2C1(C)C.Cc1ccc2c(c1)c1c(n2C)C(C)(C)c2ccccc2-1. The number of fused-ring (bicyclic) bond motifs is 21. The molecular weight excluding hydrogens is 1310 g/mol. The van der Waals surface area contributed by atoms with Crippen molar-refractivity contribution >= 4 is 21.8 Å². The first kappa shape index (κ1) is 75.7. The Morgan fingerprint density at radius 2 is 0.587 bits per heavy atom. The van der Waals surface area contributed by atoms with E-state index in [9.17, 15) is 0 Å². The molecule has 7 aliphatic carbocycles. The van der Waals surface area contributed by atoms with Crippen LogP contribution < -0.4 is 0 Å². The van der Waals surface area contributed by atoms with Gasteiger partial charge in [-0.1, -0.05) is 335 Å². The van der Waals surface area contributed by atoms with Crippen LogP contribution in [0.2, 0.25) is 0 Å². The third kappa shape index (κ3) is 11.9. The Morgan fingerprint density at radius 3 is 1.00 bits per heavy atom. The van der Waals surface area contributed by atoms with E-state index in [-0.39, 0.29) is 59.6 Å². The Morgan fingerprint density at radius 1 is 0.266 bits per heavy atom. The molecule has 0 saturated heterocycles. The van der Waals surface area contributed by atoms with Crippen molar-refractivity contribution < 1.29 is 0 Å². The summed E-state index contributed by atoms with van der Waals surface area (Å²) in [6.45, 7) is 61.3. The maximum absolute atomic E-state index is 2.61. The fourth-order valence-corrected chi connectivity index (χ4v) is 21.0. The summed E-state index contributed by atoms with van der Waals surface area (Å²) in [7, 11) is 4.39. The second-order valence-corrected chi connectivity index (χ2v) is 41.4. The fourth-order valence-electron chi connectivity index (χ4n) is 21.0. The molecule has 0 aliphatic heterocycles. The maximum Gasteiger partial charge on any atom is 0.0533 e. The third-order valence-electron chi connectivity index (χ3n) is 28.2. The number of hydrogen-bond acceptors (Lipinski definition) is 0. The quantitative estimate of drug-likeness (QED) is 0.143. The van der Waals surface area contributed by atoms with E-state index in [2.05, 4.69) is 397 Å². The van der Waals surface area contributed by atoms with Crippen LogP contribution in [0.15, 0.2) is 194 Å². The zero-order valence-electron chi connectivity index (χ0n) is 71.7. The van der Waals surface area contributed by atoms with E-state index in [4.69, 9.17) is 0 Å². The first-order valence-corrected chi connectivity index (χ1v) is 41.0. The van der Waals surface area contributed by atoms with E-state index < -0.39 is 0 Å². The van der Waals surface area contributed by atoms with Gasteiger partial charge in [0, 0.05) is 79.8 Å². The van der Waals surface area contributed by atoms with Crippen molar-refractivity contribution in [3.8, 4) is 55.8 Å². The normalized spacial score (nSPS) is 18.4. The standard InChI is InChI=1S/C31H42.C23H30.2C19H19N.C15H14/c1-27(2)11-13-29(5,6)25-17-21-19(15-23(25)27)20-16-24-26(18-22(20)31(21,9)10)30(7,8)14-12-28(24,3)4;1-21(2,3)15-9-11-17-18-12-10-16(22(4,5)6)14-20(18)23(7,8)19(17)13-15;1-12-9-10-16-14(11-12)17-18(20(16)4)13-7-5-6-8-15(13)19(17,2)3;1-12-9-10-16-14(11-12)17-13-7-5-6-8-15(13)19(2,3)18(17)20(16)4;1-15(2)13-9-5-3-7-11(13)12-8-4-6-10-14(12)15/h15-18H,11-14H2,1-10H3;9-14H,1-8H3;2*5-11H,1-4H3;3-10H,1-2H3. The minimum Gasteiger partial charge on any atom is -0.346 e. The van der Waals surface area contributed by atoms with E-state index in [0.29, 0.717) is 0 Å². The third-order valence-corrected chi connectivity index (χ3v) is 28.2. The lowest BCUT2D eigenvalue weighted by molar-refractivity contribution is 0.331. The van der Waals surface area contributed by atoms with Crippen LogP contribution in [-0.4, -0.2) is 9.13 Å². The molecule has 0 N–H and O–H groups in total. The van der Waals surface area contributed by atoms with Crippen molar-refractivity contribution in [2.75, 3.05) is 0 Å². The van der Waals surface area contributed by atoms with Crippen LogP contribution in [0.1, 0.15) is 292 Å². The van der Waals surface area contributed by atoms with Gasteiger partial charge < -0.3 is 9.13 Å². The van der Waals surface area contributed by atoms with E-state index in [0.717, 1.165) is 0 Å². The Bertz CT molecular complexity index is 5500. The number of nitrogens with zero attached hydrogens (tertiary/aromatic N) is 2. The van der Waals surface area contributed by atoms with Crippen molar-refractivity contribution in [3.63, 3.8) is 0 Å². The summed E-state index contributed by atoms with van der Waals surface area (Å²) < 4.78 is 4.74. The van der Waals surface area contributed by atoms with Crippen molar-refractivity contribution in [3.05, 3.63) is 294 Å². The molecule has 0 bridgehead atoms. The minimum atomic E-state index is 0.0596. The highest BCUT2D eigenvalue weighted by Crippen LogP contribution is 2.60. The average molecular weight is 1440 g/mol. The first-order chi connectivity index (χ1) is 50.7. The smallest absolute Gasteiger partial charge is 0.0533 e. The molecule has 0 radical (unpaired) electrons. The Balaban J connectivity index is 0.000000110. The Hall–Kier alpha value is -8.72. The van der Waals surface area contributed by atoms with Crippen LogP contribution in [-0.2, 0) is 73.7 Å². The molecule has 0 saturated carbocycles. The summed E-state index contributed by atoms with van der Waals surface area (Å²) >= 11 is 0. The van der Waals surface area contributed by atoms with Gasteiger partial charge in [-0.2, -0.15) is 0 Å².